The van der Waals surface area contributed by atoms with Gasteiger partial charge in [-0.3, -0.25) is 4.79 Å². The summed E-state index contributed by atoms with van der Waals surface area (Å²) < 4.78 is 26.1. The monoisotopic (exact) mass is 428 g/mol. The van der Waals surface area contributed by atoms with Crippen molar-refractivity contribution in [3.8, 4) is 0 Å². The minimum atomic E-state index is -3.78. The molecule has 0 aliphatic rings. The lowest BCUT2D eigenvalue weighted by Gasteiger charge is -2.09. The summed E-state index contributed by atoms with van der Waals surface area (Å²) in [7, 11) is -3.78. The van der Waals surface area contributed by atoms with Crippen LogP contribution >= 0.6 is 0 Å². The van der Waals surface area contributed by atoms with E-state index < -0.39 is 9.84 Å². The molecule has 0 bridgehead atoms. The Balaban J connectivity index is 1.68. The van der Waals surface area contributed by atoms with E-state index in [9.17, 15) is 13.2 Å². The highest BCUT2D eigenvalue weighted by Gasteiger charge is 2.20. The Morgan fingerprint density at radius 2 is 1.68 bits per heavy atom. The molecule has 3 aromatic carbocycles. The smallest absolute Gasteiger partial charge is 0.248 e. The average molecular weight is 429 g/mol. The number of sulfone groups is 1. The number of carbonyl (C=O) groups is 1. The summed E-state index contributed by atoms with van der Waals surface area (Å²) in [6.07, 6.45) is 3.14. The van der Waals surface area contributed by atoms with E-state index in [0.717, 1.165) is 16.5 Å². The van der Waals surface area contributed by atoms with E-state index in [2.05, 4.69) is 10.3 Å². The number of carbonyl (C=O) groups excluding carboxylic acids is 1. The third-order valence-electron chi connectivity index (χ3n) is 4.75. The van der Waals surface area contributed by atoms with Crippen LogP contribution in [0.3, 0.4) is 0 Å². The normalized spacial score (nSPS) is 11.6. The molecule has 1 heterocycles. The Morgan fingerprint density at radius 3 is 2.45 bits per heavy atom. The summed E-state index contributed by atoms with van der Waals surface area (Å²) in [6.45, 7) is 1.84. The van der Waals surface area contributed by atoms with Crippen molar-refractivity contribution in [3.05, 3.63) is 102 Å². The van der Waals surface area contributed by atoms with Gasteiger partial charge in [-0.25, -0.2) is 13.4 Å². The van der Waals surface area contributed by atoms with Gasteiger partial charge in [-0.1, -0.05) is 54.6 Å². The second-order valence-electron chi connectivity index (χ2n) is 7.08. The Kier molecular flexibility index (Phi) is 5.64. The first-order valence-electron chi connectivity index (χ1n) is 9.69. The van der Waals surface area contributed by atoms with E-state index in [1.54, 1.807) is 42.5 Å². The van der Waals surface area contributed by atoms with Crippen LogP contribution in [0.1, 0.15) is 11.1 Å². The number of anilines is 1. The van der Waals surface area contributed by atoms with Crippen LogP contribution in [0.2, 0.25) is 0 Å². The van der Waals surface area contributed by atoms with Gasteiger partial charge in [0.15, 0.2) is 5.03 Å². The second kappa shape index (κ2) is 8.53. The summed E-state index contributed by atoms with van der Waals surface area (Å²) in [6, 6.07) is 24.7. The van der Waals surface area contributed by atoms with Crippen LogP contribution in [0.4, 0.5) is 5.69 Å². The van der Waals surface area contributed by atoms with E-state index in [1.165, 1.54) is 12.1 Å². The molecular formula is C25H20N2O3S. The Labute approximate surface area is 181 Å². The molecule has 0 aliphatic carbocycles. The van der Waals surface area contributed by atoms with Crippen molar-refractivity contribution in [1.29, 1.82) is 0 Å². The molecule has 0 radical (unpaired) electrons. The van der Waals surface area contributed by atoms with Crippen molar-refractivity contribution < 1.29 is 13.2 Å². The standard InChI is InChI=1S/C25H20N2O3S/c1-18-7-5-11-21(17-18)31(29,30)24-16-14-20-10-6-12-22(25(20)27-24)26-23(28)15-13-19-8-3-2-4-9-19/h2-17H,1H3,(H,26,28). The first-order valence-corrected chi connectivity index (χ1v) is 11.2. The van der Waals surface area contributed by atoms with Gasteiger partial charge >= 0.3 is 0 Å². The van der Waals surface area contributed by atoms with E-state index >= 15 is 0 Å². The van der Waals surface area contributed by atoms with Gasteiger partial charge in [-0.05, 0) is 54.5 Å². The maximum Gasteiger partial charge on any atom is 0.248 e. The fraction of sp³-hybridized carbons (Fsp3) is 0.0400. The highest BCUT2D eigenvalue weighted by atomic mass is 32.2. The molecule has 0 atom stereocenters. The zero-order chi connectivity index (χ0) is 21.8. The zero-order valence-electron chi connectivity index (χ0n) is 16.8. The first kappa shape index (κ1) is 20.5. The van der Waals surface area contributed by atoms with Crippen molar-refractivity contribution in [1.82, 2.24) is 4.98 Å². The predicted molar refractivity (Wildman–Crippen MR) is 122 cm³/mol. The molecule has 31 heavy (non-hydrogen) atoms. The number of benzene rings is 3. The number of nitrogens with zero attached hydrogens (tertiary/aromatic N) is 1. The van der Waals surface area contributed by atoms with E-state index in [4.69, 9.17) is 0 Å². The predicted octanol–water partition coefficient (Wildman–Crippen LogP) is 5.03. The number of pyridine rings is 1. The van der Waals surface area contributed by atoms with Crippen LogP contribution in [0, 0.1) is 6.92 Å². The molecule has 0 unspecified atom stereocenters. The number of para-hydroxylation sites is 1. The number of hydrogen-bond donors (Lipinski definition) is 1. The molecule has 1 amide bonds. The number of nitrogens with one attached hydrogen (secondary N) is 1. The number of fused-ring (bicyclic) bond motifs is 1. The van der Waals surface area contributed by atoms with Gasteiger partial charge in [-0.2, -0.15) is 0 Å². The fourth-order valence-electron chi connectivity index (χ4n) is 3.19. The molecule has 0 aliphatic heterocycles. The summed E-state index contributed by atoms with van der Waals surface area (Å²) in [5, 5.41) is 3.47. The fourth-order valence-corrected chi connectivity index (χ4v) is 4.49. The third-order valence-corrected chi connectivity index (χ3v) is 6.41. The average Bonchev–Trinajstić information content (AvgIpc) is 2.78. The van der Waals surface area contributed by atoms with Crippen LogP contribution < -0.4 is 5.32 Å². The Hall–Kier alpha value is -3.77. The van der Waals surface area contributed by atoms with Gasteiger partial charge in [0.05, 0.1) is 16.1 Å². The molecule has 5 nitrogen and oxygen atoms in total. The minimum Gasteiger partial charge on any atom is -0.321 e. The molecule has 0 saturated carbocycles. The lowest BCUT2D eigenvalue weighted by atomic mass is 10.2. The lowest BCUT2D eigenvalue weighted by Crippen LogP contribution is -2.10. The molecule has 4 rings (SSSR count). The van der Waals surface area contributed by atoms with E-state index in [0.29, 0.717) is 11.2 Å². The van der Waals surface area contributed by atoms with Gasteiger partial charge in [0.25, 0.3) is 0 Å². The van der Waals surface area contributed by atoms with Crippen molar-refractivity contribution >= 4 is 38.4 Å². The van der Waals surface area contributed by atoms with Crippen molar-refractivity contribution in [2.24, 2.45) is 0 Å². The molecule has 0 fully saturated rings. The molecule has 4 aromatic rings. The number of aryl methyl sites for hydroxylation is 1. The minimum absolute atomic E-state index is 0.0628. The van der Waals surface area contributed by atoms with E-state index in [-0.39, 0.29) is 15.8 Å². The molecule has 154 valence electrons. The maximum atomic E-state index is 13.1. The molecule has 1 N–H and O–H groups in total. The van der Waals surface area contributed by atoms with Crippen molar-refractivity contribution in [3.63, 3.8) is 0 Å². The van der Waals surface area contributed by atoms with Crippen LogP contribution in [-0.4, -0.2) is 19.3 Å². The van der Waals surface area contributed by atoms with Crippen LogP contribution in [-0.2, 0) is 14.6 Å². The number of hydrogen-bond acceptors (Lipinski definition) is 4. The summed E-state index contributed by atoms with van der Waals surface area (Å²) in [4.78, 5) is 17.0. The molecular weight excluding hydrogens is 408 g/mol. The summed E-state index contributed by atoms with van der Waals surface area (Å²) >= 11 is 0. The Morgan fingerprint density at radius 1 is 0.903 bits per heavy atom. The van der Waals surface area contributed by atoms with Gasteiger partial charge in [0, 0.05) is 11.5 Å². The maximum absolute atomic E-state index is 13.1. The van der Waals surface area contributed by atoms with Crippen LogP contribution in [0.5, 0.6) is 0 Å². The van der Waals surface area contributed by atoms with Gasteiger partial charge in [0.1, 0.15) is 0 Å². The largest absolute Gasteiger partial charge is 0.321 e. The number of amides is 1. The summed E-state index contributed by atoms with van der Waals surface area (Å²) in [5.74, 6) is -0.329. The SMILES string of the molecule is Cc1cccc(S(=O)(=O)c2ccc3cccc(NC(=O)C=Cc4ccccc4)c3n2)c1. The van der Waals surface area contributed by atoms with Crippen LogP contribution in [0.25, 0.3) is 17.0 Å². The van der Waals surface area contributed by atoms with Gasteiger partial charge in [0.2, 0.25) is 15.7 Å². The highest BCUT2D eigenvalue weighted by Crippen LogP contribution is 2.26. The van der Waals surface area contributed by atoms with Gasteiger partial charge in [-0.15, -0.1) is 0 Å². The van der Waals surface area contributed by atoms with E-state index in [1.807, 2.05) is 49.4 Å². The lowest BCUT2D eigenvalue weighted by molar-refractivity contribution is -0.111. The zero-order valence-corrected chi connectivity index (χ0v) is 17.6. The second-order valence-corrected chi connectivity index (χ2v) is 8.98. The Bertz CT molecular complexity index is 1390. The quantitative estimate of drug-likeness (QED) is 0.453. The highest BCUT2D eigenvalue weighted by molar-refractivity contribution is 7.91. The summed E-state index contributed by atoms with van der Waals surface area (Å²) in [5.41, 5.74) is 2.61. The van der Waals surface area contributed by atoms with Crippen molar-refractivity contribution in [2.75, 3.05) is 5.32 Å². The molecule has 0 spiro atoms. The van der Waals surface area contributed by atoms with Crippen molar-refractivity contribution in [2.45, 2.75) is 16.8 Å². The van der Waals surface area contributed by atoms with Gasteiger partial charge < -0.3 is 5.32 Å². The number of rotatable bonds is 5. The molecule has 6 heteroatoms. The number of aromatic nitrogens is 1. The topological polar surface area (TPSA) is 76.1 Å². The van der Waals surface area contributed by atoms with Crippen LogP contribution in [0.15, 0.2) is 101 Å². The third kappa shape index (κ3) is 4.54. The first-order chi connectivity index (χ1) is 14.9. The molecule has 1 aromatic heterocycles. The molecule has 0 saturated heterocycles.